The van der Waals surface area contributed by atoms with Gasteiger partial charge in [0.05, 0.1) is 6.10 Å². The van der Waals surface area contributed by atoms with Crippen LogP contribution in [-0.2, 0) is 9.53 Å². The molecule has 1 unspecified atom stereocenters. The van der Waals surface area contributed by atoms with E-state index in [1.807, 2.05) is 4.90 Å². The Morgan fingerprint density at radius 3 is 2.61 bits per heavy atom. The average Bonchev–Trinajstić information content (AvgIpc) is 2.92. The lowest BCUT2D eigenvalue weighted by Crippen LogP contribution is -2.40. The Kier molecular flexibility index (Phi) is 6.88. The van der Waals surface area contributed by atoms with Gasteiger partial charge in [0.2, 0.25) is 0 Å². The van der Waals surface area contributed by atoms with Crippen molar-refractivity contribution in [2.45, 2.75) is 50.2 Å². The first-order valence-corrected chi connectivity index (χ1v) is 8.47. The van der Waals surface area contributed by atoms with Crippen LogP contribution in [0.25, 0.3) is 0 Å². The molecule has 0 saturated carbocycles. The van der Waals surface area contributed by atoms with E-state index in [-0.39, 0.29) is 30.5 Å². The molecule has 2 heterocycles. The summed E-state index contributed by atoms with van der Waals surface area (Å²) in [6, 6.07) is 10.7. The van der Waals surface area contributed by atoms with Crippen LogP contribution >= 0.6 is 12.4 Å². The molecule has 0 radical (unpaired) electrons. The van der Waals surface area contributed by atoms with Crippen molar-refractivity contribution < 1.29 is 9.53 Å². The van der Waals surface area contributed by atoms with E-state index in [1.165, 1.54) is 5.56 Å². The number of hydrogen-bond donors (Lipinski definition) is 1. The molecule has 3 rings (SSSR count). The number of rotatable bonds is 3. The van der Waals surface area contributed by atoms with E-state index in [0.29, 0.717) is 12.5 Å². The molecule has 2 saturated heterocycles. The van der Waals surface area contributed by atoms with Gasteiger partial charge in [-0.15, -0.1) is 12.4 Å². The van der Waals surface area contributed by atoms with Crippen LogP contribution in [0.3, 0.4) is 0 Å². The molecule has 1 aromatic carbocycles. The zero-order valence-electron chi connectivity index (χ0n) is 13.5. The molecule has 128 valence electrons. The van der Waals surface area contributed by atoms with Crippen molar-refractivity contribution in [2.75, 3.05) is 19.6 Å². The molecule has 0 spiro atoms. The fourth-order valence-electron chi connectivity index (χ4n) is 3.64. The topological polar surface area (TPSA) is 55.6 Å². The highest BCUT2D eigenvalue weighted by Crippen LogP contribution is 2.29. The molecule has 1 amide bonds. The SMILES string of the molecule is Cl.NC[C@H]1CC[C@@H](C(=O)N2CCCC(c3ccccc3)CC2)O1. The maximum atomic E-state index is 12.6. The van der Waals surface area contributed by atoms with Gasteiger partial charge < -0.3 is 15.4 Å². The van der Waals surface area contributed by atoms with Gasteiger partial charge in [-0.1, -0.05) is 30.3 Å². The van der Waals surface area contributed by atoms with Crippen LogP contribution in [0.5, 0.6) is 0 Å². The first kappa shape index (κ1) is 18.2. The maximum Gasteiger partial charge on any atom is 0.251 e. The van der Waals surface area contributed by atoms with Gasteiger partial charge in [0, 0.05) is 19.6 Å². The number of carbonyl (C=O) groups excluding carboxylic acids is 1. The number of nitrogens with two attached hydrogens (primary N) is 1. The van der Waals surface area contributed by atoms with Gasteiger partial charge in [0.25, 0.3) is 5.91 Å². The third-order valence-electron chi connectivity index (χ3n) is 4.96. The zero-order valence-corrected chi connectivity index (χ0v) is 14.3. The molecule has 2 fully saturated rings. The first-order valence-electron chi connectivity index (χ1n) is 8.47. The van der Waals surface area contributed by atoms with Crippen LogP contribution in [0.15, 0.2) is 30.3 Å². The number of likely N-dealkylation sites (tertiary alicyclic amines) is 1. The van der Waals surface area contributed by atoms with E-state index in [4.69, 9.17) is 10.5 Å². The fourth-order valence-corrected chi connectivity index (χ4v) is 3.64. The van der Waals surface area contributed by atoms with E-state index in [2.05, 4.69) is 30.3 Å². The Labute approximate surface area is 144 Å². The Morgan fingerprint density at radius 1 is 1.13 bits per heavy atom. The molecular weight excluding hydrogens is 312 g/mol. The van der Waals surface area contributed by atoms with Gasteiger partial charge in [-0.25, -0.2) is 0 Å². The zero-order chi connectivity index (χ0) is 15.4. The van der Waals surface area contributed by atoms with Gasteiger partial charge in [-0.2, -0.15) is 0 Å². The number of benzene rings is 1. The molecule has 0 bridgehead atoms. The lowest BCUT2D eigenvalue weighted by Gasteiger charge is -2.24. The van der Waals surface area contributed by atoms with Crippen molar-refractivity contribution in [3.63, 3.8) is 0 Å². The van der Waals surface area contributed by atoms with Crippen LogP contribution in [0, 0.1) is 0 Å². The van der Waals surface area contributed by atoms with Gasteiger partial charge in [0.15, 0.2) is 0 Å². The molecule has 4 nitrogen and oxygen atoms in total. The maximum absolute atomic E-state index is 12.6. The van der Waals surface area contributed by atoms with Crippen LogP contribution in [0.1, 0.15) is 43.6 Å². The van der Waals surface area contributed by atoms with Gasteiger partial charge in [0.1, 0.15) is 6.10 Å². The number of carbonyl (C=O) groups is 1. The Hall–Kier alpha value is -1.10. The lowest BCUT2D eigenvalue weighted by atomic mass is 9.92. The summed E-state index contributed by atoms with van der Waals surface area (Å²) in [5, 5.41) is 0. The Morgan fingerprint density at radius 2 is 1.91 bits per heavy atom. The van der Waals surface area contributed by atoms with Crippen molar-refractivity contribution in [1.29, 1.82) is 0 Å². The number of hydrogen-bond acceptors (Lipinski definition) is 3. The molecule has 5 heteroatoms. The van der Waals surface area contributed by atoms with Gasteiger partial charge in [-0.05, 0) is 43.6 Å². The van der Waals surface area contributed by atoms with E-state index in [9.17, 15) is 4.79 Å². The summed E-state index contributed by atoms with van der Waals surface area (Å²) in [4.78, 5) is 14.6. The second-order valence-corrected chi connectivity index (χ2v) is 6.42. The average molecular weight is 339 g/mol. The van der Waals surface area contributed by atoms with Crippen molar-refractivity contribution >= 4 is 18.3 Å². The largest absolute Gasteiger partial charge is 0.364 e. The predicted octanol–water partition coefficient (Wildman–Crippen LogP) is 2.71. The molecule has 1 aromatic rings. The molecule has 0 aliphatic carbocycles. The number of ether oxygens (including phenoxy) is 1. The van der Waals surface area contributed by atoms with Crippen LogP contribution in [0.4, 0.5) is 0 Å². The summed E-state index contributed by atoms with van der Waals surface area (Å²) >= 11 is 0. The minimum atomic E-state index is -0.262. The van der Waals surface area contributed by atoms with Crippen LogP contribution in [0.2, 0.25) is 0 Å². The molecule has 2 aliphatic heterocycles. The monoisotopic (exact) mass is 338 g/mol. The van der Waals surface area contributed by atoms with Crippen LogP contribution in [-0.4, -0.2) is 42.6 Å². The molecular formula is C18H27ClN2O2. The minimum Gasteiger partial charge on any atom is -0.364 e. The number of halogens is 1. The summed E-state index contributed by atoms with van der Waals surface area (Å²) in [6.45, 7) is 2.21. The normalized spacial score (nSPS) is 28.0. The highest BCUT2D eigenvalue weighted by Gasteiger charge is 2.33. The summed E-state index contributed by atoms with van der Waals surface area (Å²) in [7, 11) is 0. The third-order valence-corrected chi connectivity index (χ3v) is 4.96. The van der Waals surface area contributed by atoms with E-state index >= 15 is 0 Å². The molecule has 23 heavy (non-hydrogen) atoms. The summed E-state index contributed by atoms with van der Waals surface area (Å²) in [5.41, 5.74) is 7.03. The van der Waals surface area contributed by atoms with Gasteiger partial charge in [-0.3, -0.25) is 4.79 Å². The number of amides is 1. The molecule has 3 atom stereocenters. The number of nitrogens with zero attached hydrogens (tertiary/aromatic N) is 1. The van der Waals surface area contributed by atoms with Crippen molar-refractivity contribution in [1.82, 2.24) is 4.90 Å². The van der Waals surface area contributed by atoms with Gasteiger partial charge >= 0.3 is 0 Å². The minimum absolute atomic E-state index is 0. The second kappa shape index (κ2) is 8.67. The molecule has 0 aromatic heterocycles. The highest BCUT2D eigenvalue weighted by molar-refractivity contribution is 5.85. The predicted molar refractivity (Wildman–Crippen MR) is 93.8 cm³/mol. The fraction of sp³-hybridized carbons (Fsp3) is 0.611. The summed E-state index contributed by atoms with van der Waals surface area (Å²) in [6.07, 6.45) is 4.80. The second-order valence-electron chi connectivity index (χ2n) is 6.42. The highest BCUT2D eigenvalue weighted by atomic mass is 35.5. The summed E-state index contributed by atoms with van der Waals surface area (Å²) < 4.78 is 5.76. The van der Waals surface area contributed by atoms with E-state index in [1.54, 1.807) is 0 Å². The van der Waals surface area contributed by atoms with Crippen LogP contribution < -0.4 is 5.73 Å². The van der Waals surface area contributed by atoms with Crippen molar-refractivity contribution in [3.05, 3.63) is 35.9 Å². The van der Waals surface area contributed by atoms with Crippen molar-refractivity contribution in [2.24, 2.45) is 5.73 Å². The smallest absolute Gasteiger partial charge is 0.251 e. The standard InChI is InChI=1S/C18H26N2O2.ClH/c19-13-16-8-9-17(22-16)18(21)20-11-4-7-15(10-12-20)14-5-2-1-3-6-14;/h1-3,5-6,15-17H,4,7-13,19H2;1H/t15?,16-,17+;/m1./s1. The molecule has 2 N–H and O–H groups in total. The Bertz CT molecular complexity index is 497. The van der Waals surface area contributed by atoms with E-state index in [0.717, 1.165) is 45.2 Å². The summed E-state index contributed by atoms with van der Waals surface area (Å²) in [5.74, 6) is 0.741. The third kappa shape index (κ3) is 4.46. The quantitative estimate of drug-likeness (QED) is 0.922. The first-order chi connectivity index (χ1) is 10.8. The lowest BCUT2D eigenvalue weighted by molar-refractivity contribution is -0.142. The molecule has 2 aliphatic rings. The Balaban J connectivity index is 0.00000192. The van der Waals surface area contributed by atoms with Crippen molar-refractivity contribution in [3.8, 4) is 0 Å². The van der Waals surface area contributed by atoms with E-state index < -0.39 is 0 Å².